The Morgan fingerprint density at radius 3 is 2.85 bits per heavy atom. The molecule has 2 aliphatic heterocycles. The van der Waals surface area contributed by atoms with Crippen LogP contribution < -0.4 is 5.32 Å². The van der Waals surface area contributed by atoms with E-state index in [1.807, 2.05) is 54.3 Å². The molecule has 2 heterocycles. The summed E-state index contributed by atoms with van der Waals surface area (Å²) in [6.45, 7) is 3.48. The monoisotopic (exact) mass is 368 g/mol. The molecule has 0 saturated carbocycles. The molecule has 1 saturated heterocycles. The lowest BCUT2D eigenvalue weighted by Crippen LogP contribution is -2.42. The van der Waals surface area contributed by atoms with Gasteiger partial charge in [0.2, 0.25) is 5.91 Å². The molecule has 5 nitrogen and oxygen atoms in total. The quantitative estimate of drug-likeness (QED) is 0.883. The van der Waals surface area contributed by atoms with Gasteiger partial charge in [0, 0.05) is 17.0 Å². The second-order valence-electron chi connectivity index (χ2n) is 6.48. The number of anilines is 1. The standard InChI is InChI=1S/C20H20N2O3S/c1-13-19(23)21-16-11-15(7-8-18(16)26-13)20(24)22-9-10-25-17(12-22)14-5-3-2-4-6-14/h2-8,11,13,17H,9-10,12H2,1H3,(H,21,23)/t13-,17+/m1/s1. The number of benzene rings is 2. The van der Waals surface area contributed by atoms with E-state index in [0.717, 1.165) is 16.1 Å². The van der Waals surface area contributed by atoms with Gasteiger partial charge in [0.05, 0.1) is 24.1 Å². The Morgan fingerprint density at radius 1 is 1.23 bits per heavy atom. The Balaban J connectivity index is 1.52. The smallest absolute Gasteiger partial charge is 0.254 e. The third-order valence-electron chi connectivity index (χ3n) is 4.68. The lowest BCUT2D eigenvalue weighted by Gasteiger charge is -2.33. The third kappa shape index (κ3) is 3.34. The summed E-state index contributed by atoms with van der Waals surface area (Å²) in [6.07, 6.45) is -0.109. The van der Waals surface area contributed by atoms with Gasteiger partial charge in [-0.2, -0.15) is 0 Å². The maximum Gasteiger partial charge on any atom is 0.254 e. The number of carbonyl (C=O) groups is 2. The van der Waals surface area contributed by atoms with Crippen LogP contribution in [-0.4, -0.2) is 41.7 Å². The molecule has 0 bridgehead atoms. The van der Waals surface area contributed by atoms with Gasteiger partial charge in [-0.15, -0.1) is 11.8 Å². The number of nitrogens with one attached hydrogen (secondary N) is 1. The summed E-state index contributed by atoms with van der Waals surface area (Å²) < 4.78 is 5.84. The first kappa shape index (κ1) is 17.1. The first-order chi connectivity index (χ1) is 12.6. The molecule has 2 aromatic carbocycles. The van der Waals surface area contributed by atoms with Crippen LogP contribution in [-0.2, 0) is 9.53 Å². The highest BCUT2D eigenvalue weighted by Gasteiger charge is 2.28. The van der Waals surface area contributed by atoms with Crippen molar-refractivity contribution in [3.8, 4) is 0 Å². The number of thioether (sulfide) groups is 1. The molecule has 134 valence electrons. The zero-order chi connectivity index (χ0) is 18.1. The fourth-order valence-electron chi connectivity index (χ4n) is 3.23. The zero-order valence-corrected chi connectivity index (χ0v) is 15.3. The van der Waals surface area contributed by atoms with Gasteiger partial charge < -0.3 is 15.0 Å². The van der Waals surface area contributed by atoms with E-state index in [-0.39, 0.29) is 23.2 Å². The van der Waals surface area contributed by atoms with Crippen molar-refractivity contribution in [2.24, 2.45) is 0 Å². The first-order valence-corrected chi connectivity index (χ1v) is 9.57. The summed E-state index contributed by atoms with van der Waals surface area (Å²) in [7, 11) is 0. The van der Waals surface area contributed by atoms with Crippen LogP contribution in [0.1, 0.15) is 28.9 Å². The Hall–Kier alpha value is -2.31. The van der Waals surface area contributed by atoms with Gasteiger partial charge in [-0.3, -0.25) is 9.59 Å². The molecular weight excluding hydrogens is 348 g/mol. The highest BCUT2D eigenvalue weighted by Crippen LogP contribution is 2.36. The van der Waals surface area contributed by atoms with Crippen molar-refractivity contribution in [1.29, 1.82) is 0 Å². The van der Waals surface area contributed by atoms with Crippen LogP contribution in [0.25, 0.3) is 0 Å². The van der Waals surface area contributed by atoms with Crippen molar-refractivity contribution < 1.29 is 14.3 Å². The summed E-state index contributed by atoms with van der Waals surface area (Å²) in [4.78, 5) is 27.7. The van der Waals surface area contributed by atoms with Crippen molar-refractivity contribution in [3.63, 3.8) is 0 Å². The van der Waals surface area contributed by atoms with Crippen LogP contribution in [0.2, 0.25) is 0 Å². The first-order valence-electron chi connectivity index (χ1n) is 8.69. The average Bonchev–Trinajstić information content (AvgIpc) is 2.69. The Morgan fingerprint density at radius 2 is 2.04 bits per heavy atom. The van der Waals surface area contributed by atoms with Crippen LogP contribution in [0.4, 0.5) is 5.69 Å². The van der Waals surface area contributed by atoms with Crippen LogP contribution >= 0.6 is 11.8 Å². The minimum Gasteiger partial charge on any atom is -0.370 e. The molecule has 6 heteroatoms. The maximum atomic E-state index is 13.0. The number of rotatable bonds is 2. The van der Waals surface area contributed by atoms with E-state index in [0.29, 0.717) is 25.3 Å². The van der Waals surface area contributed by atoms with E-state index >= 15 is 0 Å². The molecule has 26 heavy (non-hydrogen) atoms. The van der Waals surface area contributed by atoms with Crippen molar-refractivity contribution in [1.82, 2.24) is 4.90 Å². The molecule has 1 N–H and O–H groups in total. The number of ether oxygens (including phenoxy) is 1. The number of hydrogen-bond donors (Lipinski definition) is 1. The summed E-state index contributed by atoms with van der Waals surface area (Å²) >= 11 is 1.52. The van der Waals surface area contributed by atoms with Crippen LogP contribution in [0, 0.1) is 0 Å². The van der Waals surface area contributed by atoms with Gasteiger partial charge in [0.25, 0.3) is 5.91 Å². The summed E-state index contributed by atoms with van der Waals surface area (Å²) in [6, 6.07) is 15.5. The van der Waals surface area contributed by atoms with E-state index in [1.165, 1.54) is 11.8 Å². The van der Waals surface area contributed by atoms with E-state index in [9.17, 15) is 9.59 Å². The van der Waals surface area contributed by atoms with Gasteiger partial charge in [-0.25, -0.2) is 0 Å². The van der Waals surface area contributed by atoms with Gasteiger partial charge in [-0.1, -0.05) is 30.3 Å². The molecule has 2 atom stereocenters. The van der Waals surface area contributed by atoms with E-state index < -0.39 is 0 Å². The molecule has 2 aromatic rings. The number of morpholine rings is 1. The second-order valence-corrected chi connectivity index (χ2v) is 7.86. The number of amides is 2. The SMILES string of the molecule is C[C@H]1Sc2ccc(C(=O)N3CCO[C@H](c4ccccc4)C3)cc2NC1=O. The molecule has 0 aliphatic carbocycles. The second kappa shape index (κ2) is 7.13. The van der Waals surface area contributed by atoms with Gasteiger partial charge in [-0.05, 0) is 30.7 Å². The van der Waals surface area contributed by atoms with Gasteiger partial charge >= 0.3 is 0 Å². The largest absolute Gasteiger partial charge is 0.370 e. The number of carbonyl (C=O) groups excluding carboxylic acids is 2. The predicted octanol–water partition coefficient (Wildman–Crippen LogP) is 3.33. The minimum atomic E-state index is -0.116. The van der Waals surface area contributed by atoms with E-state index in [1.54, 1.807) is 6.07 Å². The molecule has 4 rings (SSSR count). The molecule has 2 amide bonds. The average molecular weight is 368 g/mol. The number of fused-ring (bicyclic) bond motifs is 1. The Kier molecular flexibility index (Phi) is 4.70. The lowest BCUT2D eigenvalue weighted by molar-refractivity contribution is -0.115. The topological polar surface area (TPSA) is 58.6 Å². The number of hydrogen-bond acceptors (Lipinski definition) is 4. The van der Waals surface area contributed by atoms with Crippen molar-refractivity contribution in [2.75, 3.05) is 25.0 Å². The van der Waals surface area contributed by atoms with Crippen molar-refractivity contribution in [2.45, 2.75) is 23.2 Å². The molecule has 0 unspecified atom stereocenters. The molecule has 2 aliphatic rings. The molecule has 0 spiro atoms. The Bertz CT molecular complexity index is 840. The van der Waals surface area contributed by atoms with Crippen molar-refractivity contribution in [3.05, 3.63) is 59.7 Å². The fraction of sp³-hybridized carbons (Fsp3) is 0.300. The van der Waals surface area contributed by atoms with E-state index in [2.05, 4.69) is 5.32 Å². The summed E-state index contributed by atoms with van der Waals surface area (Å²) in [5.41, 5.74) is 2.39. The molecule has 1 fully saturated rings. The lowest BCUT2D eigenvalue weighted by atomic mass is 10.1. The molecule has 0 aromatic heterocycles. The third-order valence-corrected chi connectivity index (χ3v) is 5.86. The highest BCUT2D eigenvalue weighted by atomic mass is 32.2. The van der Waals surface area contributed by atoms with Crippen LogP contribution in [0.5, 0.6) is 0 Å². The highest BCUT2D eigenvalue weighted by molar-refractivity contribution is 8.00. The van der Waals surface area contributed by atoms with Crippen LogP contribution in [0.3, 0.4) is 0 Å². The van der Waals surface area contributed by atoms with Crippen molar-refractivity contribution >= 4 is 29.3 Å². The van der Waals surface area contributed by atoms with E-state index in [4.69, 9.17) is 4.74 Å². The normalized spacial score (nSPS) is 22.5. The fourth-order valence-corrected chi connectivity index (χ4v) is 4.16. The maximum absolute atomic E-state index is 13.0. The molecule has 0 radical (unpaired) electrons. The predicted molar refractivity (Wildman–Crippen MR) is 101 cm³/mol. The molecular formula is C20H20N2O3S. The van der Waals surface area contributed by atoms with Gasteiger partial charge in [0.15, 0.2) is 0 Å². The summed E-state index contributed by atoms with van der Waals surface area (Å²) in [5, 5.41) is 2.77. The number of nitrogens with zero attached hydrogens (tertiary/aromatic N) is 1. The van der Waals surface area contributed by atoms with Gasteiger partial charge in [0.1, 0.15) is 6.10 Å². The zero-order valence-electron chi connectivity index (χ0n) is 14.5. The minimum absolute atomic E-state index is 0.0254. The van der Waals surface area contributed by atoms with Crippen LogP contribution in [0.15, 0.2) is 53.4 Å². The Labute approximate surface area is 156 Å². The summed E-state index contributed by atoms with van der Waals surface area (Å²) in [5.74, 6) is -0.0579.